The molecule has 4 rings (SSSR count). The second-order valence-electron chi connectivity index (χ2n) is 6.37. The molecular formula is C24H18N4. The molecule has 0 fully saturated rings. The fraction of sp³-hybridized carbons (Fsp3) is 0.0417. The van der Waals surface area contributed by atoms with Gasteiger partial charge in [-0.15, -0.1) is 0 Å². The Kier molecular flexibility index (Phi) is 5.08. The average molecular weight is 362 g/mol. The number of pyridine rings is 1. The normalized spacial score (nSPS) is 11.2. The highest BCUT2D eigenvalue weighted by Gasteiger charge is 2.12. The molecule has 0 unspecified atom stereocenters. The van der Waals surface area contributed by atoms with E-state index in [2.05, 4.69) is 23.2 Å². The Hall–Kier alpha value is -3.97. The van der Waals surface area contributed by atoms with Gasteiger partial charge in [-0.25, -0.2) is 0 Å². The van der Waals surface area contributed by atoms with Gasteiger partial charge in [0.25, 0.3) is 0 Å². The van der Waals surface area contributed by atoms with Gasteiger partial charge in [0.05, 0.1) is 23.5 Å². The molecule has 2 aromatic heterocycles. The largest absolute Gasteiger partial charge is 0.267 e. The van der Waals surface area contributed by atoms with Crippen LogP contribution in [0.25, 0.3) is 22.9 Å². The topological polar surface area (TPSA) is 54.5 Å². The lowest BCUT2D eigenvalue weighted by Crippen LogP contribution is -1.99. The summed E-state index contributed by atoms with van der Waals surface area (Å²) in [6, 6.07) is 28.0. The highest BCUT2D eigenvalue weighted by Crippen LogP contribution is 2.26. The van der Waals surface area contributed by atoms with Gasteiger partial charge in [-0.05, 0) is 23.8 Å². The first-order valence-corrected chi connectivity index (χ1v) is 9.03. The van der Waals surface area contributed by atoms with E-state index in [0.29, 0.717) is 17.8 Å². The second-order valence-corrected chi connectivity index (χ2v) is 6.37. The third kappa shape index (κ3) is 3.89. The van der Waals surface area contributed by atoms with Gasteiger partial charge < -0.3 is 0 Å². The van der Waals surface area contributed by atoms with E-state index in [1.165, 1.54) is 5.56 Å². The van der Waals surface area contributed by atoms with Crippen LogP contribution in [0.5, 0.6) is 0 Å². The van der Waals surface area contributed by atoms with Crippen LogP contribution in [0.1, 0.15) is 16.8 Å². The molecular weight excluding hydrogens is 344 g/mol. The van der Waals surface area contributed by atoms with Gasteiger partial charge in [-0.1, -0.05) is 66.7 Å². The summed E-state index contributed by atoms with van der Waals surface area (Å²) in [7, 11) is 0. The Bertz CT molecular complexity index is 1120. The molecule has 0 radical (unpaired) electrons. The Labute approximate surface area is 164 Å². The van der Waals surface area contributed by atoms with Crippen molar-refractivity contribution in [3.8, 4) is 17.3 Å². The monoisotopic (exact) mass is 362 g/mol. The Morgan fingerprint density at radius 2 is 1.64 bits per heavy atom. The van der Waals surface area contributed by atoms with E-state index in [1.807, 2.05) is 83.7 Å². The summed E-state index contributed by atoms with van der Waals surface area (Å²) in [5.74, 6) is 0. The van der Waals surface area contributed by atoms with E-state index in [0.717, 1.165) is 16.8 Å². The molecule has 0 saturated carbocycles. The van der Waals surface area contributed by atoms with Gasteiger partial charge >= 0.3 is 0 Å². The van der Waals surface area contributed by atoms with E-state index < -0.39 is 0 Å². The molecule has 0 amide bonds. The van der Waals surface area contributed by atoms with Crippen molar-refractivity contribution >= 4 is 11.6 Å². The summed E-state index contributed by atoms with van der Waals surface area (Å²) in [6.45, 7) is 0.667. The lowest BCUT2D eigenvalue weighted by Gasteiger charge is -2.01. The highest BCUT2D eigenvalue weighted by molar-refractivity contribution is 5.91. The number of aromatic nitrogens is 3. The molecule has 0 aliphatic rings. The zero-order valence-electron chi connectivity index (χ0n) is 15.2. The molecule has 0 atom stereocenters. The Morgan fingerprint density at radius 1 is 0.929 bits per heavy atom. The SMILES string of the molecule is N#C/C(=C\c1cn(Cc2ccccc2)nc1-c1ccccc1)c1ccccn1. The molecule has 2 aromatic carbocycles. The molecule has 0 bridgehead atoms. The molecule has 0 N–H and O–H groups in total. The van der Waals surface area contributed by atoms with Crippen molar-refractivity contribution in [2.75, 3.05) is 0 Å². The standard InChI is InChI=1S/C24H18N4/c25-16-21(23-13-7-8-14-26-23)15-22-18-28(17-19-9-3-1-4-10-19)27-24(22)20-11-5-2-6-12-20/h1-15,18H,17H2/b21-15+. The molecule has 4 aromatic rings. The van der Waals surface area contributed by atoms with Crippen LogP contribution in [0, 0.1) is 11.3 Å². The van der Waals surface area contributed by atoms with Crippen molar-refractivity contribution in [2.45, 2.75) is 6.54 Å². The lowest BCUT2D eigenvalue weighted by atomic mass is 10.0. The minimum atomic E-state index is 0.511. The molecule has 0 saturated heterocycles. The van der Waals surface area contributed by atoms with Crippen molar-refractivity contribution in [1.29, 1.82) is 5.26 Å². The zero-order chi connectivity index (χ0) is 19.2. The molecule has 0 aliphatic carbocycles. The van der Waals surface area contributed by atoms with Crippen molar-refractivity contribution in [1.82, 2.24) is 14.8 Å². The fourth-order valence-corrected chi connectivity index (χ4v) is 3.06. The van der Waals surface area contributed by atoms with Gasteiger partial charge in [0.2, 0.25) is 0 Å². The average Bonchev–Trinajstić information content (AvgIpc) is 3.16. The minimum Gasteiger partial charge on any atom is -0.267 e. The predicted octanol–water partition coefficient (Wildman–Crippen LogP) is 5.06. The van der Waals surface area contributed by atoms with Crippen LogP contribution < -0.4 is 0 Å². The van der Waals surface area contributed by atoms with Crippen LogP contribution in [-0.2, 0) is 6.54 Å². The molecule has 4 heteroatoms. The minimum absolute atomic E-state index is 0.511. The van der Waals surface area contributed by atoms with Crippen molar-refractivity contribution in [3.05, 3.63) is 108 Å². The molecule has 28 heavy (non-hydrogen) atoms. The highest BCUT2D eigenvalue weighted by atomic mass is 15.3. The van der Waals surface area contributed by atoms with Crippen LogP contribution in [0.2, 0.25) is 0 Å². The van der Waals surface area contributed by atoms with Crippen molar-refractivity contribution in [3.63, 3.8) is 0 Å². The first-order chi connectivity index (χ1) is 13.8. The lowest BCUT2D eigenvalue weighted by molar-refractivity contribution is 0.689. The maximum atomic E-state index is 9.66. The predicted molar refractivity (Wildman–Crippen MR) is 111 cm³/mol. The molecule has 4 nitrogen and oxygen atoms in total. The van der Waals surface area contributed by atoms with Gasteiger partial charge in [0.15, 0.2) is 0 Å². The van der Waals surface area contributed by atoms with E-state index in [4.69, 9.17) is 5.10 Å². The molecule has 2 heterocycles. The third-order valence-electron chi connectivity index (χ3n) is 4.39. The number of nitriles is 1. The summed E-state index contributed by atoms with van der Waals surface area (Å²) in [5, 5.41) is 14.5. The number of rotatable bonds is 5. The summed E-state index contributed by atoms with van der Waals surface area (Å²) in [6.07, 6.45) is 5.53. The van der Waals surface area contributed by atoms with Gasteiger partial charge in [-0.2, -0.15) is 10.4 Å². The molecule has 134 valence electrons. The van der Waals surface area contributed by atoms with Gasteiger partial charge in [0, 0.05) is 23.5 Å². The van der Waals surface area contributed by atoms with Crippen LogP contribution in [-0.4, -0.2) is 14.8 Å². The number of allylic oxidation sites excluding steroid dienone is 1. The van der Waals surface area contributed by atoms with Gasteiger partial charge in [-0.3, -0.25) is 9.67 Å². The summed E-state index contributed by atoms with van der Waals surface area (Å²) in [4.78, 5) is 4.31. The van der Waals surface area contributed by atoms with E-state index in [9.17, 15) is 5.26 Å². The summed E-state index contributed by atoms with van der Waals surface area (Å²) in [5.41, 5.74) is 5.09. The first kappa shape index (κ1) is 17.4. The maximum absolute atomic E-state index is 9.66. The summed E-state index contributed by atoms with van der Waals surface area (Å²) < 4.78 is 1.91. The molecule has 0 spiro atoms. The van der Waals surface area contributed by atoms with Crippen LogP contribution in [0.15, 0.2) is 91.3 Å². The van der Waals surface area contributed by atoms with Crippen LogP contribution in [0.4, 0.5) is 0 Å². The Balaban J connectivity index is 1.78. The maximum Gasteiger partial charge on any atom is 0.101 e. The van der Waals surface area contributed by atoms with Crippen LogP contribution >= 0.6 is 0 Å². The third-order valence-corrected chi connectivity index (χ3v) is 4.39. The van der Waals surface area contributed by atoms with E-state index in [1.54, 1.807) is 6.20 Å². The number of hydrogen-bond acceptors (Lipinski definition) is 3. The van der Waals surface area contributed by atoms with E-state index in [-0.39, 0.29) is 0 Å². The van der Waals surface area contributed by atoms with Crippen molar-refractivity contribution < 1.29 is 0 Å². The number of benzene rings is 2. The summed E-state index contributed by atoms with van der Waals surface area (Å²) >= 11 is 0. The zero-order valence-corrected chi connectivity index (χ0v) is 15.2. The first-order valence-electron chi connectivity index (χ1n) is 9.03. The smallest absolute Gasteiger partial charge is 0.101 e. The number of hydrogen-bond donors (Lipinski definition) is 0. The van der Waals surface area contributed by atoms with Crippen molar-refractivity contribution in [2.24, 2.45) is 0 Å². The molecule has 0 aliphatic heterocycles. The quantitative estimate of drug-likeness (QED) is 0.466. The fourth-order valence-electron chi connectivity index (χ4n) is 3.06. The Morgan fingerprint density at radius 3 is 2.32 bits per heavy atom. The van der Waals surface area contributed by atoms with Gasteiger partial charge in [0.1, 0.15) is 6.07 Å². The number of nitrogens with zero attached hydrogens (tertiary/aromatic N) is 4. The van der Waals surface area contributed by atoms with Crippen LogP contribution in [0.3, 0.4) is 0 Å². The van der Waals surface area contributed by atoms with E-state index >= 15 is 0 Å². The second kappa shape index (κ2) is 8.15.